The Kier molecular flexibility index (Phi) is 9.65. The molecule has 11 heteroatoms. The lowest BCUT2D eigenvalue weighted by atomic mass is 9.47. The highest BCUT2D eigenvalue weighted by Gasteiger charge is 2.75. The molecule has 11 nitrogen and oxygen atoms in total. The first kappa shape index (κ1) is 36.1. The molecule has 3 fully saturated rings. The van der Waals surface area contributed by atoms with E-state index < -0.39 is 53.5 Å². The summed E-state index contributed by atoms with van der Waals surface area (Å²) in [6.07, 6.45) is 7.69. The molecule has 0 radical (unpaired) electrons. The van der Waals surface area contributed by atoms with Crippen LogP contribution in [0, 0.1) is 28.6 Å². The molecule has 9 atom stereocenters. The third-order valence-corrected chi connectivity index (χ3v) is 12.5. The third kappa shape index (κ3) is 6.06. The van der Waals surface area contributed by atoms with Gasteiger partial charge in [0.05, 0.1) is 29.1 Å². The van der Waals surface area contributed by atoms with E-state index in [1.54, 1.807) is 24.3 Å². The first-order chi connectivity index (χ1) is 24.9. The lowest BCUT2D eigenvalue weighted by Gasteiger charge is -2.59. The van der Waals surface area contributed by atoms with Crippen LogP contribution in [0.1, 0.15) is 81.6 Å². The van der Waals surface area contributed by atoms with Gasteiger partial charge >= 0.3 is 11.9 Å². The highest BCUT2D eigenvalue weighted by Crippen LogP contribution is 2.69. The number of hydrogen-bond donors (Lipinski definition) is 2. The second-order valence-electron chi connectivity index (χ2n) is 15.4. The van der Waals surface area contributed by atoms with Gasteiger partial charge in [-0.3, -0.25) is 14.4 Å². The topological polar surface area (TPSA) is 161 Å². The smallest absolute Gasteiger partial charge is 0.335 e. The summed E-state index contributed by atoms with van der Waals surface area (Å²) in [5, 5.41) is 29.6. The zero-order chi connectivity index (χ0) is 36.8. The summed E-state index contributed by atoms with van der Waals surface area (Å²) in [6, 6.07) is 13.3. The van der Waals surface area contributed by atoms with Gasteiger partial charge in [-0.25, -0.2) is 4.79 Å². The van der Waals surface area contributed by atoms with Gasteiger partial charge in [0.25, 0.3) is 0 Å². The molecule has 1 heterocycles. The fourth-order valence-electron chi connectivity index (χ4n) is 10.1. The number of rotatable bonds is 11. The van der Waals surface area contributed by atoms with Crippen LogP contribution in [-0.2, 0) is 35.0 Å². The van der Waals surface area contributed by atoms with Gasteiger partial charge in [0.1, 0.15) is 0 Å². The molecule has 4 aliphatic carbocycles. The summed E-state index contributed by atoms with van der Waals surface area (Å²) < 4.78 is 18.8. The number of azo groups is 1. The van der Waals surface area contributed by atoms with Crippen LogP contribution >= 0.6 is 0 Å². The maximum Gasteiger partial charge on any atom is 0.335 e. The van der Waals surface area contributed by atoms with Gasteiger partial charge in [0.15, 0.2) is 24.3 Å². The second-order valence-corrected chi connectivity index (χ2v) is 15.4. The molecule has 0 bridgehead atoms. The molecule has 9 unspecified atom stereocenters. The number of Topliss-reactive ketones (excluding diaryl/α,β-unsaturated/α-hetero) is 1. The van der Waals surface area contributed by atoms with Crippen molar-refractivity contribution in [3.8, 4) is 0 Å². The lowest BCUT2D eigenvalue weighted by molar-refractivity contribution is -0.199. The van der Waals surface area contributed by atoms with E-state index in [2.05, 4.69) is 23.2 Å². The Hall–Kier alpha value is -4.32. The zero-order valence-electron chi connectivity index (χ0n) is 29.8. The number of carbonyl (C=O) groups is 4. The molecule has 7 rings (SSSR count). The fourth-order valence-corrected chi connectivity index (χ4v) is 10.1. The van der Waals surface area contributed by atoms with Gasteiger partial charge < -0.3 is 24.4 Å². The van der Waals surface area contributed by atoms with E-state index in [1.165, 1.54) is 12.1 Å². The number of nitrogens with zero attached hydrogens (tertiary/aromatic N) is 2. The van der Waals surface area contributed by atoms with Crippen molar-refractivity contribution in [2.75, 3.05) is 6.61 Å². The molecule has 1 saturated heterocycles. The number of carbonyl (C=O) groups excluding carboxylic acids is 3. The van der Waals surface area contributed by atoms with Crippen LogP contribution in [-0.4, -0.2) is 64.4 Å². The van der Waals surface area contributed by atoms with Crippen LogP contribution in [0.4, 0.5) is 11.4 Å². The highest BCUT2D eigenvalue weighted by atomic mass is 16.7. The predicted molar refractivity (Wildman–Crippen MR) is 189 cm³/mol. The molecule has 274 valence electrons. The molecule has 52 heavy (non-hydrogen) atoms. The number of aryl methyl sites for hydroxylation is 1. The number of ether oxygens (including phenoxy) is 3. The highest BCUT2D eigenvalue weighted by molar-refractivity contribution is 5.94. The van der Waals surface area contributed by atoms with Crippen molar-refractivity contribution in [1.82, 2.24) is 0 Å². The van der Waals surface area contributed by atoms with Crippen molar-refractivity contribution in [1.29, 1.82) is 0 Å². The van der Waals surface area contributed by atoms with E-state index in [4.69, 9.17) is 19.3 Å². The summed E-state index contributed by atoms with van der Waals surface area (Å²) in [5.41, 5.74) is 0.438. The Balaban J connectivity index is 1.05. The van der Waals surface area contributed by atoms with E-state index in [9.17, 15) is 24.3 Å². The van der Waals surface area contributed by atoms with Crippen LogP contribution in [0.25, 0.3) is 0 Å². The molecule has 0 aromatic heterocycles. The number of carboxylic acids is 1. The Bertz CT molecular complexity index is 1850. The number of carboxylic acid groups (broad SMARTS) is 1. The standard InChI is InChI=1S/C41H46N2O9/c1-4-7-36-51-34-21-30-29-16-13-26-20-28(44)18-19-39(26,2)37(29)32(45)22-40(30,3)41(34,52-36)33(46)23-50-35(47)17-12-24-8-5-6-9-31(24)43-42-27-14-10-25(11-15-27)38(48)49/h5-6,8-11,13-15,18-19,29-30,32,34,36-37,45H,4,7,12,16-17,20-23H2,1-3H3,(H,48,49). The van der Waals surface area contributed by atoms with E-state index in [-0.39, 0.29) is 41.3 Å². The normalized spacial score (nSPS) is 34.6. The summed E-state index contributed by atoms with van der Waals surface area (Å²) in [4.78, 5) is 51.0. The van der Waals surface area contributed by atoms with Crippen molar-refractivity contribution in [2.45, 2.75) is 96.2 Å². The zero-order valence-corrected chi connectivity index (χ0v) is 29.8. The minimum Gasteiger partial charge on any atom is -0.478 e. The average Bonchev–Trinajstić information content (AvgIpc) is 3.61. The van der Waals surface area contributed by atoms with Crippen molar-refractivity contribution < 1.29 is 43.6 Å². The average molecular weight is 711 g/mol. The number of hydrogen-bond acceptors (Lipinski definition) is 10. The maximum atomic E-state index is 14.5. The van der Waals surface area contributed by atoms with E-state index in [0.29, 0.717) is 49.9 Å². The van der Waals surface area contributed by atoms with Gasteiger partial charge in [0.2, 0.25) is 5.78 Å². The molecule has 1 aliphatic heterocycles. The van der Waals surface area contributed by atoms with Gasteiger partial charge in [-0.2, -0.15) is 10.2 Å². The number of aromatic carboxylic acids is 1. The number of allylic oxidation sites excluding steroid dienone is 4. The molecule has 2 N–H and O–H groups in total. The van der Waals surface area contributed by atoms with Crippen molar-refractivity contribution >= 4 is 34.9 Å². The van der Waals surface area contributed by atoms with Crippen LogP contribution in [0.3, 0.4) is 0 Å². The van der Waals surface area contributed by atoms with Crippen LogP contribution in [0.15, 0.2) is 82.6 Å². The predicted octanol–water partition coefficient (Wildman–Crippen LogP) is 7.01. The molecule has 2 saturated carbocycles. The molecule has 5 aliphatic rings. The van der Waals surface area contributed by atoms with E-state index in [1.807, 2.05) is 38.1 Å². The quantitative estimate of drug-likeness (QED) is 0.142. The first-order valence-electron chi connectivity index (χ1n) is 18.3. The van der Waals surface area contributed by atoms with Crippen LogP contribution in [0.5, 0.6) is 0 Å². The van der Waals surface area contributed by atoms with Gasteiger partial charge in [0, 0.05) is 29.6 Å². The fraction of sp³-hybridized carbons (Fsp3) is 0.512. The summed E-state index contributed by atoms with van der Waals surface area (Å²) in [6.45, 7) is 5.73. The minimum atomic E-state index is -1.37. The van der Waals surface area contributed by atoms with Gasteiger partial charge in [-0.05, 0) is 85.9 Å². The largest absolute Gasteiger partial charge is 0.478 e. The van der Waals surface area contributed by atoms with Crippen LogP contribution < -0.4 is 0 Å². The van der Waals surface area contributed by atoms with Crippen molar-refractivity contribution in [3.63, 3.8) is 0 Å². The van der Waals surface area contributed by atoms with Crippen molar-refractivity contribution in [3.05, 3.63) is 83.5 Å². The molecular weight excluding hydrogens is 664 g/mol. The number of aliphatic hydroxyl groups excluding tert-OH is 1. The van der Waals surface area contributed by atoms with E-state index in [0.717, 1.165) is 17.6 Å². The van der Waals surface area contributed by atoms with Crippen molar-refractivity contribution in [2.24, 2.45) is 38.8 Å². The number of esters is 1. The Morgan fingerprint density at radius 1 is 1.06 bits per heavy atom. The number of ketones is 2. The number of benzene rings is 2. The molecule has 0 amide bonds. The Morgan fingerprint density at radius 2 is 1.83 bits per heavy atom. The summed E-state index contributed by atoms with van der Waals surface area (Å²) in [5.74, 6) is -1.88. The molecular formula is C41H46N2O9. The van der Waals surface area contributed by atoms with Gasteiger partial charge in [-0.1, -0.05) is 63.1 Å². The summed E-state index contributed by atoms with van der Waals surface area (Å²) >= 11 is 0. The van der Waals surface area contributed by atoms with E-state index >= 15 is 0 Å². The third-order valence-electron chi connectivity index (χ3n) is 12.5. The number of fused-ring (bicyclic) bond motifs is 7. The SMILES string of the molecule is CCCC1OC2CC3C4CC=C5CC(=O)C=CC5(C)C4C(O)CC3(C)C2(C(=O)COC(=O)CCc2ccccc2N=Nc2ccc(C(=O)O)cc2)O1. The monoisotopic (exact) mass is 710 g/mol. The Labute approximate surface area is 303 Å². The lowest BCUT2D eigenvalue weighted by Crippen LogP contribution is -2.63. The molecule has 2 aromatic rings. The first-order valence-corrected chi connectivity index (χ1v) is 18.3. The van der Waals surface area contributed by atoms with Gasteiger partial charge in [-0.15, -0.1) is 0 Å². The minimum absolute atomic E-state index is 0.00496. The van der Waals surface area contributed by atoms with Crippen LogP contribution in [0.2, 0.25) is 0 Å². The maximum absolute atomic E-state index is 14.5. The number of aliphatic hydroxyl groups is 1. The Morgan fingerprint density at radius 3 is 2.58 bits per heavy atom. The molecule has 2 aromatic carbocycles. The second kappa shape index (κ2) is 13.9. The summed E-state index contributed by atoms with van der Waals surface area (Å²) in [7, 11) is 0. The molecule has 0 spiro atoms.